The Bertz CT molecular complexity index is 1170. The number of fused-ring (bicyclic) bond motifs is 1. The van der Waals surface area contributed by atoms with Crippen molar-refractivity contribution < 1.29 is 14.3 Å². The lowest BCUT2D eigenvalue weighted by atomic mass is 10.1. The van der Waals surface area contributed by atoms with Gasteiger partial charge >= 0.3 is 0 Å². The lowest BCUT2D eigenvalue weighted by Crippen LogP contribution is -2.24. The molecule has 2 amide bonds. The summed E-state index contributed by atoms with van der Waals surface area (Å²) in [5.74, 6) is 0.507. The first-order valence-corrected chi connectivity index (χ1v) is 9.74. The third-order valence-corrected chi connectivity index (χ3v) is 4.82. The minimum Gasteiger partial charge on any atom is -0.493 e. The molecule has 2 heterocycles. The average molecular weight is 413 g/mol. The number of aromatic nitrogens is 2. The molecule has 0 bridgehead atoms. The second kappa shape index (κ2) is 9.05. The fraction of sp³-hybridized carbons (Fsp3) is 0.174. The van der Waals surface area contributed by atoms with Gasteiger partial charge in [0.15, 0.2) is 0 Å². The molecule has 0 fully saturated rings. The van der Waals surface area contributed by atoms with Gasteiger partial charge in [0, 0.05) is 19.0 Å². The zero-order chi connectivity index (χ0) is 21.6. The van der Waals surface area contributed by atoms with Gasteiger partial charge in [-0.05, 0) is 34.9 Å². The lowest BCUT2D eigenvalue weighted by Gasteiger charge is -2.08. The highest BCUT2D eigenvalue weighted by molar-refractivity contribution is 5.95. The third kappa shape index (κ3) is 5.03. The monoisotopic (exact) mass is 413 g/mol. The number of rotatable bonds is 6. The summed E-state index contributed by atoms with van der Waals surface area (Å²) in [4.78, 5) is 32.8. The first kappa shape index (κ1) is 20.0. The normalized spacial score (nSPS) is 11.7. The average Bonchev–Trinajstić information content (AvgIpc) is 3.26. The summed E-state index contributed by atoms with van der Waals surface area (Å²) in [7, 11) is 0. The molecule has 3 aromatic rings. The maximum absolute atomic E-state index is 12.4. The van der Waals surface area contributed by atoms with Gasteiger partial charge in [0.25, 0.3) is 5.91 Å². The van der Waals surface area contributed by atoms with Crippen molar-refractivity contribution in [2.45, 2.75) is 19.4 Å². The predicted octanol–water partition coefficient (Wildman–Crippen LogP) is 2.39. The number of carbonyl (C=O) groups excluding carboxylic acids is 2. The smallest absolute Gasteiger partial charge is 0.270 e. The van der Waals surface area contributed by atoms with Crippen LogP contribution >= 0.6 is 0 Å². The van der Waals surface area contributed by atoms with E-state index < -0.39 is 0 Å². The predicted molar refractivity (Wildman–Crippen MR) is 112 cm³/mol. The molecular weight excluding hydrogens is 394 g/mol. The summed E-state index contributed by atoms with van der Waals surface area (Å²) in [5, 5.41) is 14.3. The fourth-order valence-electron chi connectivity index (χ4n) is 3.24. The summed E-state index contributed by atoms with van der Waals surface area (Å²) in [6.45, 7) is 0.959. The van der Waals surface area contributed by atoms with Gasteiger partial charge in [-0.1, -0.05) is 24.3 Å². The molecule has 8 nitrogen and oxygen atoms in total. The Morgan fingerprint density at radius 1 is 1.06 bits per heavy atom. The molecule has 4 rings (SSSR count). The van der Waals surface area contributed by atoms with Crippen molar-refractivity contribution in [1.82, 2.24) is 15.3 Å². The van der Waals surface area contributed by atoms with Crippen LogP contribution in [-0.4, -0.2) is 28.4 Å². The molecule has 0 unspecified atom stereocenters. The van der Waals surface area contributed by atoms with E-state index in [1.807, 2.05) is 24.3 Å². The van der Waals surface area contributed by atoms with Gasteiger partial charge in [0.2, 0.25) is 5.91 Å². The topological polar surface area (TPSA) is 117 Å². The van der Waals surface area contributed by atoms with Crippen LogP contribution in [0.15, 0.2) is 54.9 Å². The lowest BCUT2D eigenvalue weighted by molar-refractivity contribution is -0.115. The molecule has 1 aromatic heterocycles. The molecule has 0 saturated heterocycles. The Morgan fingerprint density at radius 3 is 2.68 bits per heavy atom. The minimum absolute atomic E-state index is 0.147. The van der Waals surface area contributed by atoms with E-state index in [0.717, 1.165) is 28.9 Å². The van der Waals surface area contributed by atoms with Gasteiger partial charge in [-0.3, -0.25) is 9.59 Å². The summed E-state index contributed by atoms with van der Waals surface area (Å²) in [6.07, 6.45) is 2.27. The molecular formula is C23H19N5O3. The minimum atomic E-state index is -0.388. The number of nitriles is 1. The summed E-state index contributed by atoms with van der Waals surface area (Å²) >= 11 is 0. The Morgan fingerprint density at radius 2 is 1.87 bits per heavy atom. The van der Waals surface area contributed by atoms with Gasteiger partial charge in [-0.2, -0.15) is 5.26 Å². The van der Waals surface area contributed by atoms with Crippen LogP contribution in [-0.2, 0) is 24.2 Å². The SMILES string of the molecule is N#Cc1ccc(CNC(=O)c2cc(NC(=O)Cc3ccc4c(c3)CCO4)ncn2)cc1. The van der Waals surface area contributed by atoms with E-state index in [0.29, 0.717) is 12.2 Å². The number of anilines is 1. The molecule has 0 radical (unpaired) electrons. The van der Waals surface area contributed by atoms with Crippen molar-refractivity contribution in [3.8, 4) is 11.8 Å². The van der Waals surface area contributed by atoms with Crippen LogP contribution in [0.1, 0.15) is 32.7 Å². The first-order chi connectivity index (χ1) is 15.1. The van der Waals surface area contributed by atoms with E-state index in [1.165, 1.54) is 12.4 Å². The Kier molecular flexibility index (Phi) is 5.85. The van der Waals surface area contributed by atoms with E-state index >= 15 is 0 Å². The first-order valence-electron chi connectivity index (χ1n) is 9.74. The van der Waals surface area contributed by atoms with Crippen LogP contribution in [0.2, 0.25) is 0 Å². The van der Waals surface area contributed by atoms with Gasteiger partial charge in [-0.15, -0.1) is 0 Å². The largest absolute Gasteiger partial charge is 0.493 e. The molecule has 2 N–H and O–H groups in total. The number of hydrogen-bond acceptors (Lipinski definition) is 6. The van der Waals surface area contributed by atoms with Gasteiger partial charge in [0.1, 0.15) is 23.6 Å². The van der Waals surface area contributed by atoms with E-state index in [-0.39, 0.29) is 36.3 Å². The number of amides is 2. The Labute approximate surface area is 178 Å². The zero-order valence-corrected chi connectivity index (χ0v) is 16.6. The summed E-state index contributed by atoms with van der Waals surface area (Å²) < 4.78 is 5.48. The van der Waals surface area contributed by atoms with Crippen LogP contribution in [0.3, 0.4) is 0 Å². The van der Waals surface area contributed by atoms with E-state index in [4.69, 9.17) is 10.00 Å². The third-order valence-electron chi connectivity index (χ3n) is 4.82. The number of carbonyl (C=O) groups is 2. The standard InChI is InChI=1S/C23H19N5O3/c24-12-15-1-3-16(4-2-15)13-25-23(30)19-11-21(27-14-26-19)28-22(29)10-17-5-6-20-18(9-17)7-8-31-20/h1-6,9,11,14H,7-8,10,13H2,(H,25,30)(H,26,27,28,29). The van der Waals surface area contributed by atoms with Crippen LogP contribution in [0, 0.1) is 11.3 Å². The van der Waals surface area contributed by atoms with Gasteiger partial charge in [-0.25, -0.2) is 9.97 Å². The Balaban J connectivity index is 1.34. The molecule has 154 valence electrons. The van der Waals surface area contributed by atoms with Crippen molar-refractivity contribution in [1.29, 1.82) is 5.26 Å². The summed E-state index contributed by atoms with van der Waals surface area (Å²) in [5.41, 5.74) is 3.55. The van der Waals surface area contributed by atoms with Crippen LogP contribution < -0.4 is 15.4 Å². The van der Waals surface area contributed by atoms with Gasteiger partial charge in [0.05, 0.1) is 24.7 Å². The highest BCUT2D eigenvalue weighted by Crippen LogP contribution is 2.26. The second-order valence-corrected chi connectivity index (χ2v) is 7.05. The molecule has 0 saturated carbocycles. The highest BCUT2D eigenvalue weighted by atomic mass is 16.5. The molecule has 0 atom stereocenters. The maximum Gasteiger partial charge on any atom is 0.270 e. The number of nitrogens with zero attached hydrogens (tertiary/aromatic N) is 3. The maximum atomic E-state index is 12.4. The molecule has 1 aliphatic rings. The number of nitrogens with one attached hydrogen (secondary N) is 2. The molecule has 31 heavy (non-hydrogen) atoms. The number of ether oxygens (including phenoxy) is 1. The highest BCUT2D eigenvalue weighted by Gasteiger charge is 2.14. The quantitative estimate of drug-likeness (QED) is 0.641. The summed E-state index contributed by atoms with van der Waals surface area (Å²) in [6, 6.07) is 16.1. The zero-order valence-electron chi connectivity index (χ0n) is 16.6. The van der Waals surface area contributed by atoms with Crippen molar-refractivity contribution in [3.63, 3.8) is 0 Å². The molecule has 1 aliphatic heterocycles. The van der Waals surface area contributed by atoms with E-state index in [1.54, 1.807) is 24.3 Å². The molecule has 8 heteroatoms. The second-order valence-electron chi connectivity index (χ2n) is 7.05. The van der Waals surface area contributed by atoms with Crippen molar-refractivity contribution in [2.75, 3.05) is 11.9 Å². The van der Waals surface area contributed by atoms with Crippen molar-refractivity contribution >= 4 is 17.6 Å². The van der Waals surface area contributed by atoms with Crippen molar-refractivity contribution in [3.05, 3.63) is 82.8 Å². The van der Waals surface area contributed by atoms with Gasteiger partial charge < -0.3 is 15.4 Å². The van der Waals surface area contributed by atoms with E-state index in [2.05, 4.69) is 20.6 Å². The number of hydrogen-bond donors (Lipinski definition) is 2. The van der Waals surface area contributed by atoms with E-state index in [9.17, 15) is 9.59 Å². The van der Waals surface area contributed by atoms with Crippen molar-refractivity contribution in [2.24, 2.45) is 0 Å². The Hall–Kier alpha value is -4.25. The van der Waals surface area contributed by atoms with Crippen LogP contribution in [0.4, 0.5) is 5.82 Å². The molecule has 0 spiro atoms. The fourth-order valence-corrected chi connectivity index (χ4v) is 3.24. The molecule has 2 aromatic carbocycles. The van der Waals surface area contributed by atoms with Crippen LogP contribution in [0.25, 0.3) is 0 Å². The molecule has 0 aliphatic carbocycles. The number of benzene rings is 2. The van der Waals surface area contributed by atoms with Crippen LogP contribution in [0.5, 0.6) is 5.75 Å².